The summed E-state index contributed by atoms with van der Waals surface area (Å²) in [5.74, 6) is -1.27. The molecule has 0 aliphatic rings. The van der Waals surface area contributed by atoms with Crippen LogP contribution in [0, 0.1) is 0 Å². The van der Waals surface area contributed by atoms with E-state index < -0.39 is 5.97 Å². The molecule has 0 fully saturated rings. The van der Waals surface area contributed by atoms with Gasteiger partial charge in [-0.2, -0.15) is 0 Å². The van der Waals surface area contributed by atoms with Gasteiger partial charge in [0.2, 0.25) is 5.91 Å². The van der Waals surface area contributed by atoms with Crippen LogP contribution in [-0.2, 0) is 19.1 Å². The molecular formula is C48H81NO5. The first kappa shape index (κ1) is 50.9. The maximum absolute atomic E-state index is 12.8. The van der Waals surface area contributed by atoms with E-state index in [1.807, 2.05) is 0 Å². The third-order valence-electron chi connectivity index (χ3n) is 9.36. The lowest BCUT2D eigenvalue weighted by Gasteiger charge is -2.18. The molecular weight excluding hydrogens is 671 g/mol. The van der Waals surface area contributed by atoms with Gasteiger partial charge in [-0.05, 0) is 103 Å². The number of carboxylic acid groups (broad SMARTS) is 1. The number of carbonyl (C=O) groups is 3. The largest absolute Gasteiger partial charge is 0.480 e. The van der Waals surface area contributed by atoms with Gasteiger partial charge in [-0.25, -0.2) is 0 Å². The number of ether oxygens (including phenoxy) is 1. The summed E-state index contributed by atoms with van der Waals surface area (Å²) in [4.78, 5) is 35.0. The molecule has 0 aromatic rings. The maximum Gasteiger partial charge on any atom is 0.322 e. The predicted octanol–water partition coefficient (Wildman–Crippen LogP) is 13.8. The summed E-state index contributed by atoms with van der Waals surface area (Å²) < 4.78 is 6.00. The smallest absolute Gasteiger partial charge is 0.322 e. The van der Waals surface area contributed by atoms with Crippen LogP contribution >= 0.6 is 0 Å². The number of unbranched alkanes of at least 4 members (excludes halogenated alkanes) is 16. The fourth-order valence-corrected chi connectivity index (χ4v) is 6.13. The minimum Gasteiger partial charge on any atom is -0.480 e. The normalized spacial score (nSPS) is 12.8. The highest BCUT2D eigenvalue weighted by Gasteiger charge is 2.14. The maximum atomic E-state index is 12.8. The number of carboxylic acids is 1. The van der Waals surface area contributed by atoms with Crippen LogP contribution in [0.3, 0.4) is 0 Å². The van der Waals surface area contributed by atoms with Gasteiger partial charge in [0.15, 0.2) is 0 Å². The molecule has 308 valence electrons. The minimum absolute atomic E-state index is 0.0188. The molecule has 0 aliphatic heterocycles. The Kier molecular flexibility index (Phi) is 40.1. The van der Waals surface area contributed by atoms with E-state index in [0.29, 0.717) is 12.8 Å². The zero-order valence-corrected chi connectivity index (χ0v) is 34.8. The van der Waals surface area contributed by atoms with Crippen molar-refractivity contribution in [3.8, 4) is 0 Å². The summed E-state index contributed by atoms with van der Waals surface area (Å²) in [6.45, 7) is 4.10. The molecule has 0 aliphatic carbocycles. The Balaban J connectivity index is 4.20. The molecule has 0 aromatic heterocycles. The quantitative estimate of drug-likeness (QED) is 0.0371. The second-order valence-electron chi connectivity index (χ2n) is 14.6. The molecule has 0 heterocycles. The molecule has 6 nitrogen and oxygen atoms in total. The van der Waals surface area contributed by atoms with E-state index in [1.54, 1.807) is 0 Å². The average Bonchev–Trinajstić information content (AvgIpc) is 3.16. The average molecular weight is 752 g/mol. The number of amides is 1. The summed E-state index contributed by atoms with van der Waals surface area (Å²) in [5, 5.41) is 11.1. The number of hydrogen-bond acceptors (Lipinski definition) is 4. The SMILES string of the molecule is CC/C=C\C/C=C\C/C=C\C/C=C\C/C=C\CCCCCCCC(=O)OC(CCC/C=C\CCCCCCCC)CCCCCCCC(=O)NCC(=O)O. The van der Waals surface area contributed by atoms with Crippen molar-refractivity contribution in [2.24, 2.45) is 0 Å². The van der Waals surface area contributed by atoms with E-state index in [2.05, 4.69) is 92.1 Å². The Bertz CT molecular complexity index is 1050. The molecule has 54 heavy (non-hydrogen) atoms. The monoisotopic (exact) mass is 752 g/mol. The number of allylic oxidation sites excluding steroid dienone is 12. The van der Waals surface area contributed by atoms with Crippen molar-refractivity contribution in [3.05, 3.63) is 72.9 Å². The Hall–Kier alpha value is -3.15. The molecule has 0 aromatic carbocycles. The minimum atomic E-state index is -1.02. The number of hydrogen-bond donors (Lipinski definition) is 2. The second-order valence-corrected chi connectivity index (χ2v) is 14.6. The van der Waals surface area contributed by atoms with E-state index in [9.17, 15) is 14.4 Å². The summed E-state index contributed by atoms with van der Waals surface area (Å²) in [6.07, 6.45) is 57.4. The lowest BCUT2D eigenvalue weighted by Crippen LogP contribution is -2.28. The first-order valence-electron chi connectivity index (χ1n) is 22.1. The zero-order chi connectivity index (χ0) is 39.4. The van der Waals surface area contributed by atoms with Gasteiger partial charge in [0.25, 0.3) is 0 Å². The second kappa shape index (κ2) is 42.6. The first-order valence-corrected chi connectivity index (χ1v) is 22.1. The van der Waals surface area contributed by atoms with Crippen LogP contribution < -0.4 is 5.32 Å². The molecule has 1 atom stereocenters. The van der Waals surface area contributed by atoms with Crippen molar-refractivity contribution in [2.75, 3.05) is 6.54 Å². The molecule has 0 radical (unpaired) electrons. The molecule has 1 amide bonds. The van der Waals surface area contributed by atoms with Crippen LogP contribution in [0.1, 0.15) is 200 Å². The highest BCUT2D eigenvalue weighted by atomic mass is 16.5. The first-order chi connectivity index (χ1) is 26.5. The van der Waals surface area contributed by atoms with Crippen molar-refractivity contribution in [1.82, 2.24) is 5.32 Å². The van der Waals surface area contributed by atoms with Gasteiger partial charge in [-0.3, -0.25) is 14.4 Å². The Morgan fingerprint density at radius 2 is 0.926 bits per heavy atom. The van der Waals surface area contributed by atoms with Crippen molar-refractivity contribution >= 4 is 17.8 Å². The number of rotatable bonds is 39. The molecule has 6 heteroatoms. The van der Waals surface area contributed by atoms with Crippen LogP contribution in [0.4, 0.5) is 0 Å². The molecule has 2 N–H and O–H groups in total. The molecule has 1 unspecified atom stereocenters. The predicted molar refractivity (Wildman–Crippen MR) is 231 cm³/mol. The van der Waals surface area contributed by atoms with Crippen molar-refractivity contribution < 1.29 is 24.2 Å². The number of carbonyl (C=O) groups excluding carboxylic acids is 2. The third kappa shape index (κ3) is 41.6. The third-order valence-corrected chi connectivity index (χ3v) is 9.36. The van der Waals surface area contributed by atoms with Gasteiger partial charge in [0.1, 0.15) is 12.6 Å². The number of aliphatic carboxylic acids is 1. The van der Waals surface area contributed by atoms with Crippen molar-refractivity contribution in [3.63, 3.8) is 0 Å². The molecule has 0 saturated heterocycles. The van der Waals surface area contributed by atoms with E-state index in [1.165, 1.54) is 51.4 Å². The van der Waals surface area contributed by atoms with Crippen LogP contribution in [-0.4, -0.2) is 35.6 Å². The number of esters is 1. The van der Waals surface area contributed by atoms with Crippen LogP contribution in [0.25, 0.3) is 0 Å². The van der Waals surface area contributed by atoms with E-state index in [4.69, 9.17) is 9.84 Å². The van der Waals surface area contributed by atoms with Gasteiger partial charge < -0.3 is 15.2 Å². The van der Waals surface area contributed by atoms with Gasteiger partial charge in [-0.15, -0.1) is 0 Å². The molecule has 0 rings (SSSR count). The van der Waals surface area contributed by atoms with Gasteiger partial charge >= 0.3 is 11.9 Å². The summed E-state index contributed by atoms with van der Waals surface area (Å²) >= 11 is 0. The standard InChI is InChI=1S/C48H81NO5/c1-3-5-7-9-11-13-15-16-17-18-19-20-21-22-23-24-26-28-30-35-39-43-48(53)54-45(40-36-32-29-27-25-14-12-10-8-6-4-2)41-37-33-31-34-38-42-46(50)49-44-47(51)52/h5,7,11,13,16-17,19-20,22-23,27,29,45H,3-4,6,8-10,12,14-15,18,21,24-26,28,30-44H2,1-2H3,(H,49,50)(H,51,52)/b7-5-,13-11-,17-16-,20-19-,23-22-,29-27-. The van der Waals surface area contributed by atoms with E-state index in [0.717, 1.165) is 122 Å². The Labute approximate surface area is 332 Å². The fraction of sp³-hybridized carbons (Fsp3) is 0.688. The Morgan fingerprint density at radius 3 is 1.48 bits per heavy atom. The van der Waals surface area contributed by atoms with Gasteiger partial charge in [-0.1, -0.05) is 157 Å². The zero-order valence-electron chi connectivity index (χ0n) is 34.8. The molecule has 0 bridgehead atoms. The molecule has 0 spiro atoms. The molecule has 0 saturated carbocycles. The fourth-order valence-electron chi connectivity index (χ4n) is 6.13. The summed E-state index contributed by atoms with van der Waals surface area (Å²) in [6, 6.07) is 0. The summed E-state index contributed by atoms with van der Waals surface area (Å²) in [7, 11) is 0. The van der Waals surface area contributed by atoms with Crippen molar-refractivity contribution in [2.45, 2.75) is 206 Å². The van der Waals surface area contributed by atoms with Gasteiger partial charge in [0.05, 0.1) is 0 Å². The highest BCUT2D eigenvalue weighted by molar-refractivity contribution is 5.80. The summed E-state index contributed by atoms with van der Waals surface area (Å²) in [5.41, 5.74) is 0. The van der Waals surface area contributed by atoms with Crippen LogP contribution in [0.5, 0.6) is 0 Å². The van der Waals surface area contributed by atoms with Crippen LogP contribution in [0.15, 0.2) is 72.9 Å². The lowest BCUT2D eigenvalue weighted by atomic mass is 10.0. The van der Waals surface area contributed by atoms with Crippen molar-refractivity contribution in [1.29, 1.82) is 0 Å². The number of nitrogens with one attached hydrogen (secondary N) is 1. The van der Waals surface area contributed by atoms with Crippen LogP contribution in [0.2, 0.25) is 0 Å². The van der Waals surface area contributed by atoms with Gasteiger partial charge in [0, 0.05) is 12.8 Å². The van der Waals surface area contributed by atoms with E-state index in [-0.39, 0.29) is 24.5 Å². The van der Waals surface area contributed by atoms with E-state index >= 15 is 0 Å². The topological polar surface area (TPSA) is 92.7 Å². The highest BCUT2D eigenvalue weighted by Crippen LogP contribution is 2.18. The lowest BCUT2D eigenvalue weighted by molar-refractivity contribution is -0.150. The Morgan fingerprint density at radius 1 is 0.500 bits per heavy atom.